The zero-order valence-corrected chi connectivity index (χ0v) is 16.7. The van der Waals surface area contributed by atoms with E-state index in [2.05, 4.69) is 73.2 Å². The second kappa shape index (κ2) is 8.02. The normalized spacial score (nSPS) is 15.7. The first kappa shape index (κ1) is 18.6. The van der Waals surface area contributed by atoms with Crippen molar-refractivity contribution in [3.63, 3.8) is 0 Å². The highest BCUT2D eigenvalue weighted by Crippen LogP contribution is 2.34. The predicted octanol–water partition coefficient (Wildman–Crippen LogP) is 5.10. The maximum absolute atomic E-state index is 4.76. The van der Waals surface area contributed by atoms with Crippen molar-refractivity contribution in [1.82, 2.24) is 15.2 Å². The number of hydrogen-bond acceptors (Lipinski definition) is 5. The van der Waals surface area contributed by atoms with Gasteiger partial charge < -0.3 is 10.2 Å². The van der Waals surface area contributed by atoms with Gasteiger partial charge in [0.1, 0.15) is 0 Å². The molecule has 1 fully saturated rings. The van der Waals surface area contributed by atoms with Crippen LogP contribution in [0.25, 0.3) is 0 Å². The Kier molecular flexibility index (Phi) is 5.74. The van der Waals surface area contributed by atoms with E-state index >= 15 is 0 Å². The van der Waals surface area contributed by atoms with Crippen molar-refractivity contribution >= 4 is 17.5 Å². The fraction of sp³-hybridized carbons (Fsp3) is 0.571. The third kappa shape index (κ3) is 4.14. The van der Waals surface area contributed by atoms with Crippen LogP contribution in [0.5, 0.6) is 0 Å². The average molecular weight is 354 g/mol. The summed E-state index contributed by atoms with van der Waals surface area (Å²) in [5.41, 5.74) is 3.78. The van der Waals surface area contributed by atoms with E-state index in [-0.39, 0.29) is 0 Å². The molecule has 1 aromatic carbocycles. The molecule has 1 aliphatic rings. The van der Waals surface area contributed by atoms with Gasteiger partial charge in [0.15, 0.2) is 5.82 Å². The first-order chi connectivity index (χ1) is 12.5. The van der Waals surface area contributed by atoms with Gasteiger partial charge in [0.2, 0.25) is 5.95 Å². The van der Waals surface area contributed by atoms with Crippen LogP contribution >= 0.6 is 0 Å². The van der Waals surface area contributed by atoms with Crippen molar-refractivity contribution in [3.8, 4) is 0 Å². The molecule has 1 aromatic heterocycles. The number of nitrogens with zero attached hydrogens (tertiary/aromatic N) is 4. The van der Waals surface area contributed by atoms with Crippen LogP contribution in [0.15, 0.2) is 24.4 Å². The summed E-state index contributed by atoms with van der Waals surface area (Å²) in [7, 11) is 0. The molecule has 5 nitrogen and oxygen atoms in total. The highest BCUT2D eigenvalue weighted by Gasteiger charge is 2.19. The van der Waals surface area contributed by atoms with Crippen LogP contribution in [0.3, 0.4) is 0 Å². The Morgan fingerprint density at radius 3 is 2.23 bits per heavy atom. The number of anilines is 3. The molecule has 0 bridgehead atoms. The molecule has 0 saturated carbocycles. The highest BCUT2D eigenvalue weighted by atomic mass is 15.3. The van der Waals surface area contributed by atoms with E-state index in [1.165, 1.54) is 24.0 Å². The van der Waals surface area contributed by atoms with Crippen molar-refractivity contribution in [2.24, 2.45) is 5.92 Å². The van der Waals surface area contributed by atoms with Gasteiger partial charge in [0.25, 0.3) is 0 Å². The van der Waals surface area contributed by atoms with Crippen molar-refractivity contribution in [1.29, 1.82) is 0 Å². The number of para-hydroxylation sites is 1. The molecule has 1 N–H and O–H groups in total. The first-order valence-corrected chi connectivity index (χ1v) is 9.80. The van der Waals surface area contributed by atoms with E-state index in [4.69, 9.17) is 4.98 Å². The standard InChI is InChI=1S/C21H31N5/c1-14(2)17-7-6-8-18(15(3)4)20(17)23-19-13-22-25-21(24-19)26-11-9-16(5)10-12-26/h6-8,13-16H,9-12H2,1-5H3,(H,23,24,25). The number of nitrogens with one attached hydrogen (secondary N) is 1. The summed E-state index contributed by atoms with van der Waals surface area (Å²) >= 11 is 0. The molecule has 5 heteroatoms. The van der Waals surface area contributed by atoms with E-state index in [1.807, 2.05) is 0 Å². The van der Waals surface area contributed by atoms with Crippen molar-refractivity contribution < 1.29 is 0 Å². The van der Waals surface area contributed by atoms with Gasteiger partial charge in [0.05, 0.1) is 6.20 Å². The Labute approximate surface area is 157 Å². The largest absolute Gasteiger partial charge is 0.339 e. The summed E-state index contributed by atoms with van der Waals surface area (Å²) < 4.78 is 0. The van der Waals surface area contributed by atoms with Crippen molar-refractivity contribution in [3.05, 3.63) is 35.5 Å². The van der Waals surface area contributed by atoms with Gasteiger partial charge in [-0.3, -0.25) is 0 Å². The Morgan fingerprint density at radius 1 is 1.04 bits per heavy atom. The molecular weight excluding hydrogens is 322 g/mol. The van der Waals surface area contributed by atoms with Crippen LogP contribution in [0.4, 0.5) is 17.5 Å². The third-order valence-electron chi connectivity index (χ3n) is 5.24. The van der Waals surface area contributed by atoms with Crippen LogP contribution in [0, 0.1) is 5.92 Å². The van der Waals surface area contributed by atoms with Gasteiger partial charge >= 0.3 is 0 Å². The van der Waals surface area contributed by atoms with Crippen LogP contribution < -0.4 is 10.2 Å². The Bertz CT molecular complexity index is 707. The van der Waals surface area contributed by atoms with E-state index in [1.54, 1.807) is 6.20 Å². The van der Waals surface area contributed by atoms with Gasteiger partial charge in [-0.25, -0.2) is 0 Å². The van der Waals surface area contributed by atoms with Gasteiger partial charge in [-0.05, 0) is 41.7 Å². The fourth-order valence-corrected chi connectivity index (χ4v) is 3.52. The third-order valence-corrected chi connectivity index (χ3v) is 5.24. The van der Waals surface area contributed by atoms with Gasteiger partial charge in [-0.15, -0.1) is 5.10 Å². The zero-order chi connectivity index (χ0) is 18.7. The number of rotatable bonds is 5. The summed E-state index contributed by atoms with van der Waals surface area (Å²) in [6.07, 6.45) is 4.10. The maximum Gasteiger partial charge on any atom is 0.247 e. The Hall–Kier alpha value is -2.17. The zero-order valence-electron chi connectivity index (χ0n) is 16.7. The molecule has 1 saturated heterocycles. The summed E-state index contributed by atoms with van der Waals surface area (Å²) in [5.74, 6) is 3.16. The van der Waals surface area contributed by atoms with Crippen molar-refractivity contribution in [2.45, 2.75) is 59.3 Å². The van der Waals surface area contributed by atoms with Gasteiger partial charge in [-0.2, -0.15) is 10.1 Å². The molecule has 3 rings (SSSR count). The molecule has 2 aromatic rings. The molecular formula is C21H31N5. The maximum atomic E-state index is 4.76. The van der Waals surface area contributed by atoms with E-state index in [0.29, 0.717) is 11.8 Å². The van der Waals surface area contributed by atoms with Crippen LogP contribution in [0.1, 0.15) is 70.4 Å². The number of aromatic nitrogens is 3. The minimum Gasteiger partial charge on any atom is -0.339 e. The number of benzene rings is 1. The second-order valence-electron chi connectivity index (χ2n) is 8.06. The van der Waals surface area contributed by atoms with Crippen LogP contribution in [0.2, 0.25) is 0 Å². The molecule has 26 heavy (non-hydrogen) atoms. The SMILES string of the molecule is CC1CCN(c2nncc(Nc3c(C(C)C)cccc3C(C)C)n2)CC1. The second-order valence-corrected chi connectivity index (χ2v) is 8.06. The molecule has 0 aliphatic carbocycles. The highest BCUT2D eigenvalue weighted by molar-refractivity contribution is 5.66. The lowest BCUT2D eigenvalue weighted by Crippen LogP contribution is -2.34. The molecule has 0 spiro atoms. The molecule has 1 aliphatic heterocycles. The summed E-state index contributed by atoms with van der Waals surface area (Å²) in [4.78, 5) is 7.00. The molecule has 140 valence electrons. The smallest absolute Gasteiger partial charge is 0.247 e. The lowest BCUT2D eigenvalue weighted by atomic mass is 9.92. The first-order valence-electron chi connectivity index (χ1n) is 9.80. The lowest BCUT2D eigenvalue weighted by Gasteiger charge is -2.30. The fourth-order valence-electron chi connectivity index (χ4n) is 3.52. The molecule has 0 atom stereocenters. The van der Waals surface area contributed by atoms with Gasteiger partial charge in [-0.1, -0.05) is 52.8 Å². The molecule has 2 heterocycles. The average Bonchev–Trinajstić information content (AvgIpc) is 2.62. The Balaban J connectivity index is 1.89. The molecule has 0 radical (unpaired) electrons. The van der Waals surface area contributed by atoms with E-state index < -0.39 is 0 Å². The minimum atomic E-state index is 0.439. The van der Waals surface area contributed by atoms with Gasteiger partial charge in [0, 0.05) is 18.8 Å². The molecule has 0 amide bonds. The van der Waals surface area contributed by atoms with Crippen LogP contribution in [-0.2, 0) is 0 Å². The molecule has 0 unspecified atom stereocenters. The number of piperidine rings is 1. The van der Waals surface area contributed by atoms with Crippen molar-refractivity contribution in [2.75, 3.05) is 23.3 Å². The summed E-state index contributed by atoms with van der Waals surface area (Å²) in [6.45, 7) is 13.2. The quantitative estimate of drug-likeness (QED) is 0.810. The van der Waals surface area contributed by atoms with E-state index in [0.717, 1.165) is 36.5 Å². The van der Waals surface area contributed by atoms with Crippen LogP contribution in [-0.4, -0.2) is 28.3 Å². The Morgan fingerprint density at radius 2 is 1.65 bits per heavy atom. The summed E-state index contributed by atoms with van der Waals surface area (Å²) in [5, 5.41) is 12.0. The van der Waals surface area contributed by atoms with E-state index in [9.17, 15) is 0 Å². The topological polar surface area (TPSA) is 53.9 Å². The number of hydrogen-bond donors (Lipinski definition) is 1. The lowest BCUT2D eigenvalue weighted by molar-refractivity contribution is 0.433. The predicted molar refractivity (Wildman–Crippen MR) is 108 cm³/mol. The monoisotopic (exact) mass is 353 g/mol. The minimum absolute atomic E-state index is 0.439. The summed E-state index contributed by atoms with van der Waals surface area (Å²) in [6, 6.07) is 6.54.